The van der Waals surface area contributed by atoms with Gasteiger partial charge in [-0.3, -0.25) is 0 Å². The van der Waals surface area contributed by atoms with Crippen molar-refractivity contribution in [3.05, 3.63) is 34.6 Å². The highest BCUT2D eigenvalue weighted by molar-refractivity contribution is 6.31. The zero-order valence-corrected chi connectivity index (χ0v) is 10.4. The van der Waals surface area contributed by atoms with Gasteiger partial charge in [0.05, 0.1) is 0 Å². The van der Waals surface area contributed by atoms with Crippen molar-refractivity contribution in [2.75, 3.05) is 13.1 Å². The molecule has 1 aromatic carbocycles. The summed E-state index contributed by atoms with van der Waals surface area (Å²) in [6.07, 6.45) is 0. The quantitative estimate of drug-likeness (QED) is 0.804. The first kappa shape index (κ1) is 13.4. The van der Waals surface area contributed by atoms with Crippen LogP contribution in [0.25, 0.3) is 0 Å². The highest BCUT2D eigenvalue weighted by Crippen LogP contribution is 2.16. The van der Waals surface area contributed by atoms with Gasteiger partial charge in [-0.1, -0.05) is 24.6 Å². The largest absolute Gasteiger partial charge is 0.315 e. The number of rotatable bonds is 6. The van der Waals surface area contributed by atoms with Crippen molar-refractivity contribution in [2.45, 2.75) is 26.4 Å². The van der Waals surface area contributed by atoms with Gasteiger partial charge in [-0.05, 0) is 31.2 Å². The Labute approximate surface area is 101 Å². The van der Waals surface area contributed by atoms with E-state index in [4.69, 9.17) is 11.6 Å². The van der Waals surface area contributed by atoms with Crippen LogP contribution in [0.3, 0.4) is 0 Å². The average molecular weight is 245 g/mol. The topological polar surface area (TPSA) is 24.1 Å². The predicted octanol–water partition coefficient (Wildman–Crippen LogP) is 2.57. The second-order valence-electron chi connectivity index (χ2n) is 3.83. The normalized spacial score (nSPS) is 12.8. The second-order valence-corrected chi connectivity index (χ2v) is 4.23. The lowest BCUT2D eigenvalue weighted by atomic mass is 10.2. The summed E-state index contributed by atoms with van der Waals surface area (Å²) in [5, 5.41) is 7.05. The molecule has 2 N–H and O–H groups in total. The van der Waals surface area contributed by atoms with Gasteiger partial charge >= 0.3 is 0 Å². The van der Waals surface area contributed by atoms with Crippen molar-refractivity contribution in [3.63, 3.8) is 0 Å². The van der Waals surface area contributed by atoms with E-state index in [-0.39, 0.29) is 5.82 Å². The molecule has 16 heavy (non-hydrogen) atoms. The van der Waals surface area contributed by atoms with Crippen LogP contribution in [0.15, 0.2) is 18.2 Å². The van der Waals surface area contributed by atoms with E-state index in [0.717, 1.165) is 18.7 Å². The summed E-state index contributed by atoms with van der Waals surface area (Å²) >= 11 is 5.92. The molecule has 0 aliphatic carbocycles. The number of likely N-dealkylation sites (N-methyl/N-ethyl adjacent to an activating group) is 1. The van der Waals surface area contributed by atoms with E-state index in [0.29, 0.717) is 17.6 Å². The lowest BCUT2D eigenvalue weighted by Crippen LogP contribution is -2.35. The van der Waals surface area contributed by atoms with E-state index in [2.05, 4.69) is 24.5 Å². The molecule has 0 amide bonds. The molecule has 4 heteroatoms. The third kappa shape index (κ3) is 4.47. The Bertz CT molecular complexity index is 331. The van der Waals surface area contributed by atoms with Crippen molar-refractivity contribution in [1.82, 2.24) is 10.6 Å². The van der Waals surface area contributed by atoms with Crippen LogP contribution in [0, 0.1) is 5.82 Å². The molecule has 0 aliphatic heterocycles. The maximum Gasteiger partial charge on any atom is 0.124 e. The Kier molecular flexibility index (Phi) is 5.74. The van der Waals surface area contributed by atoms with E-state index in [1.54, 1.807) is 6.07 Å². The average Bonchev–Trinajstić information content (AvgIpc) is 2.25. The first-order chi connectivity index (χ1) is 7.63. The Balaban J connectivity index is 2.42. The molecule has 0 spiro atoms. The van der Waals surface area contributed by atoms with Gasteiger partial charge in [0.2, 0.25) is 0 Å². The second kappa shape index (κ2) is 6.84. The molecule has 0 fully saturated rings. The fourth-order valence-corrected chi connectivity index (χ4v) is 1.62. The summed E-state index contributed by atoms with van der Waals surface area (Å²) in [4.78, 5) is 0. The van der Waals surface area contributed by atoms with Gasteiger partial charge in [0.1, 0.15) is 5.82 Å². The molecule has 1 rings (SSSR count). The van der Waals surface area contributed by atoms with Crippen LogP contribution >= 0.6 is 11.6 Å². The fourth-order valence-electron chi connectivity index (χ4n) is 1.38. The van der Waals surface area contributed by atoms with Gasteiger partial charge in [0.15, 0.2) is 0 Å². The van der Waals surface area contributed by atoms with Crippen LogP contribution in [0.5, 0.6) is 0 Å². The summed E-state index contributed by atoms with van der Waals surface area (Å²) in [5.41, 5.74) is 0.923. The molecule has 1 atom stereocenters. The van der Waals surface area contributed by atoms with Crippen molar-refractivity contribution in [2.24, 2.45) is 0 Å². The number of benzene rings is 1. The van der Waals surface area contributed by atoms with E-state index in [1.807, 2.05) is 0 Å². The summed E-state index contributed by atoms with van der Waals surface area (Å²) < 4.78 is 12.8. The minimum absolute atomic E-state index is 0.297. The standard InChI is InChI=1S/C12H18ClFN2/c1-3-15-7-9(2)16-8-10-4-5-11(14)6-12(10)13/h4-6,9,15-16H,3,7-8H2,1-2H3. The Morgan fingerprint density at radius 2 is 2.19 bits per heavy atom. The highest BCUT2D eigenvalue weighted by Gasteiger charge is 2.04. The van der Waals surface area contributed by atoms with Crippen molar-refractivity contribution in [3.8, 4) is 0 Å². The molecule has 0 bridgehead atoms. The van der Waals surface area contributed by atoms with Crippen molar-refractivity contribution < 1.29 is 4.39 Å². The van der Waals surface area contributed by atoms with Gasteiger partial charge in [0.25, 0.3) is 0 Å². The lowest BCUT2D eigenvalue weighted by Gasteiger charge is -2.14. The fraction of sp³-hybridized carbons (Fsp3) is 0.500. The van der Waals surface area contributed by atoms with E-state index >= 15 is 0 Å². The van der Waals surface area contributed by atoms with Crippen LogP contribution < -0.4 is 10.6 Å². The molecular weight excluding hydrogens is 227 g/mol. The lowest BCUT2D eigenvalue weighted by molar-refractivity contribution is 0.508. The first-order valence-corrected chi connectivity index (χ1v) is 5.89. The molecular formula is C12H18ClFN2. The Morgan fingerprint density at radius 1 is 1.44 bits per heavy atom. The number of hydrogen-bond donors (Lipinski definition) is 2. The van der Waals surface area contributed by atoms with Gasteiger partial charge in [-0.2, -0.15) is 0 Å². The number of nitrogens with one attached hydrogen (secondary N) is 2. The number of halogens is 2. The van der Waals surface area contributed by atoms with E-state index in [1.165, 1.54) is 12.1 Å². The van der Waals surface area contributed by atoms with Gasteiger partial charge in [-0.15, -0.1) is 0 Å². The highest BCUT2D eigenvalue weighted by atomic mass is 35.5. The monoisotopic (exact) mass is 244 g/mol. The van der Waals surface area contributed by atoms with Crippen LogP contribution in [0.4, 0.5) is 4.39 Å². The zero-order chi connectivity index (χ0) is 12.0. The van der Waals surface area contributed by atoms with Gasteiger partial charge < -0.3 is 10.6 Å². The summed E-state index contributed by atoms with van der Waals surface area (Å²) in [7, 11) is 0. The predicted molar refractivity (Wildman–Crippen MR) is 66.3 cm³/mol. The minimum Gasteiger partial charge on any atom is -0.315 e. The van der Waals surface area contributed by atoms with Gasteiger partial charge in [0, 0.05) is 24.2 Å². The Hall–Kier alpha value is -0.640. The van der Waals surface area contributed by atoms with Crippen LogP contribution in [-0.2, 0) is 6.54 Å². The Morgan fingerprint density at radius 3 is 2.81 bits per heavy atom. The maximum atomic E-state index is 12.8. The maximum absolute atomic E-state index is 12.8. The summed E-state index contributed by atoms with van der Waals surface area (Å²) in [6, 6.07) is 4.84. The van der Waals surface area contributed by atoms with Crippen molar-refractivity contribution in [1.29, 1.82) is 0 Å². The summed E-state index contributed by atoms with van der Waals surface area (Å²) in [6.45, 7) is 6.70. The molecule has 0 aliphatic rings. The molecule has 2 nitrogen and oxygen atoms in total. The third-order valence-electron chi connectivity index (χ3n) is 2.36. The van der Waals surface area contributed by atoms with Crippen LogP contribution in [0.1, 0.15) is 19.4 Å². The van der Waals surface area contributed by atoms with E-state index in [9.17, 15) is 4.39 Å². The van der Waals surface area contributed by atoms with Crippen LogP contribution in [-0.4, -0.2) is 19.1 Å². The van der Waals surface area contributed by atoms with Crippen LogP contribution in [0.2, 0.25) is 5.02 Å². The van der Waals surface area contributed by atoms with E-state index < -0.39 is 0 Å². The first-order valence-electron chi connectivity index (χ1n) is 5.51. The SMILES string of the molecule is CCNCC(C)NCc1ccc(F)cc1Cl. The van der Waals surface area contributed by atoms with Gasteiger partial charge in [-0.25, -0.2) is 4.39 Å². The molecule has 0 saturated heterocycles. The molecule has 0 radical (unpaired) electrons. The molecule has 0 saturated carbocycles. The zero-order valence-electron chi connectivity index (χ0n) is 9.69. The minimum atomic E-state index is -0.297. The molecule has 90 valence electrons. The molecule has 1 unspecified atom stereocenters. The summed E-state index contributed by atoms with van der Waals surface area (Å²) in [5.74, 6) is -0.297. The molecule has 0 aromatic heterocycles. The molecule has 1 aromatic rings. The third-order valence-corrected chi connectivity index (χ3v) is 2.71. The molecule has 0 heterocycles. The number of hydrogen-bond acceptors (Lipinski definition) is 2. The van der Waals surface area contributed by atoms with Crippen molar-refractivity contribution >= 4 is 11.6 Å². The smallest absolute Gasteiger partial charge is 0.124 e.